The molecule has 0 unspecified atom stereocenters. The first-order valence-corrected chi connectivity index (χ1v) is 9.08. The molecule has 0 heterocycles. The molecular formula is C11H17NO5S2. The Hall–Kier alpha value is -1.28. The van der Waals surface area contributed by atoms with E-state index in [0.29, 0.717) is 6.42 Å². The highest BCUT2D eigenvalue weighted by Crippen LogP contribution is 2.27. The maximum Gasteiger partial charge on any atom is 0.232 e. The van der Waals surface area contributed by atoms with E-state index >= 15 is 0 Å². The summed E-state index contributed by atoms with van der Waals surface area (Å²) in [4.78, 5) is -0.0259. The molecule has 0 aliphatic heterocycles. The SMILES string of the molecule is CCCS(=O)(=O)Nc1cc(S(=O)(=O)CC)ccc1O. The Morgan fingerprint density at radius 3 is 2.32 bits per heavy atom. The van der Waals surface area contributed by atoms with Crippen molar-refractivity contribution in [2.45, 2.75) is 25.2 Å². The first-order valence-electron chi connectivity index (χ1n) is 5.78. The molecule has 0 aromatic heterocycles. The molecule has 0 aliphatic carbocycles. The van der Waals surface area contributed by atoms with Gasteiger partial charge in [-0.1, -0.05) is 13.8 Å². The Bertz CT molecular complexity index is 650. The smallest absolute Gasteiger partial charge is 0.232 e. The van der Waals surface area contributed by atoms with Crippen molar-refractivity contribution in [2.75, 3.05) is 16.2 Å². The van der Waals surface area contributed by atoms with Gasteiger partial charge in [0.05, 0.1) is 22.1 Å². The van der Waals surface area contributed by atoms with Gasteiger partial charge < -0.3 is 5.11 Å². The van der Waals surface area contributed by atoms with Crippen LogP contribution in [0.15, 0.2) is 23.1 Å². The van der Waals surface area contributed by atoms with Crippen LogP contribution in [0.5, 0.6) is 5.75 Å². The number of sulfonamides is 1. The number of anilines is 1. The fourth-order valence-corrected chi connectivity index (χ4v) is 3.49. The Kier molecular flexibility index (Phi) is 4.81. The zero-order valence-corrected chi connectivity index (χ0v) is 12.4. The zero-order chi connectivity index (χ0) is 14.7. The van der Waals surface area contributed by atoms with Crippen molar-refractivity contribution in [1.29, 1.82) is 0 Å². The second-order valence-corrected chi connectivity index (χ2v) is 8.12. The molecule has 19 heavy (non-hydrogen) atoms. The summed E-state index contributed by atoms with van der Waals surface area (Å²) in [6.07, 6.45) is 0.420. The minimum absolute atomic E-state index is 0.0259. The van der Waals surface area contributed by atoms with Gasteiger partial charge in [-0.2, -0.15) is 0 Å². The summed E-state index contributed by atoms with van der Waals surface area (Å²) in [6, 6.07) is 3.53. The van der Waals surface area contributed by atoms with Gasteiger partial charge in [0.1, 0.15) is 5.75 Å². The molecule has 1 aromatic rings. The van der Waals surface area contributed by atoms with Crippen LogP contribution in [-0.2, 0) is 19.9 Å². The lowest BCUT2D eigenvalue weighted by atomic mass is 10.3. The number of hydrogen-bond acceptors (Lipinski definition) is 5. The molecule has 0 atom stereocenters. The molecule has 6 nitrogen and oxygen atoms in total. The van der Waals surface area contributed by atoms with Gasteiger partial charge in [0.2, 0.25) is 10.0 Å². The van der Waals surface area contributed by atoms with Gasteiger partial charge in [-0.25, -0.2) is 16.8 Å². The van der Waals surface area contributed by atoms with E-state index in [4.69, 9.17) is 0 Å². The summed E-state index contributed by atoms with van der Waals surface area (Å²) < 4.78 is 48.8. The zero-order valence-electron chi connectivity index (χ0n) is 10.8. The Labute approximate surface area is 113 Å². The van der Waals surface area contributed by atoms with Crippen LogP contribution in [0.4, 0.5) is 5.69 Å². The molecule has 0 saturated heterocycles. The van der Waals surface area contributed by atoms with E-state index in [1.165, 1.54) is 13.0 Å². The first kappa shape index (κ1) is 15.8. The third-order valence-corrected chi connectivity index (χ3v) is 5.65. The standard InChI is InChI=1S/C11H17NO5S2/c1-3-7-19(16,17)12-10-8-9(5-6-11(10)13)18(14,15)4-2/h5-6,8,12-13H,3-4,7H2,1-2H3. The molecule has 0 bridgehead atoms. The highest BCUT2D eigenvalue weighted by atomic mass is 32.2. The van der Waals surface area contributed by atoms with Crippen molar-refractivity contribution in [3.05, 3.63) is 18.2 Å². The van der Waals surface area contributed by atoms with E-state index in [0.717, 1.165) is 12.1 Å². The van der Waals surface area contributed by atoms with Gasteiger partial charge in [-0.05, 0) is 24.6 Å². The molecule has 8 heteroatoms. The molecule has 1 aromatic carbocycles. The minimum Gasteiger partial charge on any atom is -0.506 e. The van der Waals surface area contributed by atoms with Crippen molar-refractivity contribution in [3.8, 4) is 5.75 Å². The van der Waals surface area contributed by atoms with E-state index in [-0.39, 0.29) is 27.8 Å². The van der Waals surface area contributed by atoms with Crippen molar-refractivity contribution in [3.63, 3.8) is 0 Å². The second kappa shape index (κ2) is 5.79. The number of hydrogen-bond donors (Lipinski definition) is 2. The van der Waals surface area contributed by atoms with Crippen LogP contribution in [0.2, 0.25) is 0 Å². The summed E-state index contributed by atoms with van der Waals surface area (Å²) in [5.74, 6) is -0.509. The van der Waals surface area contributed by atoms with Crippen LogP contribution in [0.1, 0.15) is 20.3 Å². The Balaban J connectivity index is 3.20. The molecule has 0 radical (unpaired) electrons. The molecule has 0 saturated carbocycles. The monoisotopic (exact) mass is 307 g/mol. The predicted octanol–water partition coefficient (Wildman–Crippen LogP) is 1.34. The fourth-order valence-electron chi connectivity index (χ4n) is 1.44. The summed E-state index contributed by atoms with van der Waals surface area (Å²) in [6.45, 7) is 3.19. The third-order valence-electron chi connectivity index (χ3n) is 2.45. The number of aromatic hydroxyl groups is 1. The highest BCUT2D eigenvalue weighted by molar-refractivity contribution is 7.92. The van der Waals surface area contributed by atoms with E-state index in [9.17, 15) is 21.9 Å². The lowest BCUT2D eigenvalue weighted by Crippen LogP contribution is -2.16. The number of sulfone groups is 1. The van der Waals surface area contributed by atoms with E-state index in [1.807, 2.05) is 0 Å². The first-order chi connectivity index (χ1) is 8.72. The van der Waals surface area contributed by atoms with Crippen LogP contribution in [0, 0.1) is 0 Å². The van der Waals surface area contributed by atoms with E-state index < -0.39 is 19.9 Å². The van der Waals surface area contributed by atoms with Crippen LogP contribution in [0.3, 0.4) is 0 Å². The predicted molar refractivity (Wildman–Crippen MR) is 73.5 cm³/mol. The quantitative estimate of drug-likeness (QED) is 0.772. The number of phenolic OH excluding ortho intramolecular Hbond substituents is 1. The maximum absolute atomic E-state index is 11.7. The van der Waals surface area contributed by atoms with Gasteiger partial charge in [0.25, 0.3) is 0 Å². The van der Waals surface area contributed by atoms with E-state index in [1.54, 1.807) is 6.92 Å². The minimum atomic E-state index is -3.58. The summed E-state index contributed by atoms with van der Waals surface area (Å²) in [5.41, 5.74) is -0.122. The molecular weight excluding hydrogens is 290 g/mol. The highest BCUT2D eigenvalue weighted by Gasteiger charge is 2.17. The molecule has 1 rings (SSSR count). The molecule has 2 N–H and O–H groups in total. The topological polar surface area (TPSA) is 101 Å². The molecule has 0 aliphatic rings. The normalized spacial score (nSPS) is 12.3. The summed E-state index contributed by atoms with van der Waals surface area (Å²) >= 11 is 0. The van der Waals surface area contributed by atoms with Crippen molar-refractivity contribution in [1.82, 2.24) is 0 Å². The Morgan fingerprint density at radius 2 is 1.79 bits per heavy atom. The van der Waals surface area contributed by atoms with Crippen molar-refractivity contribution < 1.29 is 21.9 Å². The average molecular weight is 307 g/mol. The van der Waals surface area contributed by atoms with Crippen LogP contribution in [0.25, 0.3) is 0 Å². The molecule has 0 amide bonds. The molecule has 0 spiro atoms. The lowest BCUT2D eigenvalue weighted by molar-refractivity contribution is 0.477. The van der Waals surface area contributed by atoms with Gasteiger partial charge in [-0.15, -0.1) is 0 Å². The van der Waals surface area contributed by atoms with Gasteiger partial charge in [0, 0.05) is 0 Å². The van der Waals surface area contributed by atoms with Crippen molar-refractivity contribution >= 4 is 25.5 Å². The van der Waals surface area contributed by atoms with E-state index in [2.05, 4.69) is 4.72 Å². The number of phenols is 1. The maximum atomic E-state index is 11.7. The lowest BCUT2D eigenvalue weighted by Gasteiger charge is -2.10. The summed E-state index contributed by atoms with van der Waals surface area (Å²) in [7, 11) is -7.03. The van der Waals surface area contributed by atoms with Crippen LogP contribution < -0.4 is 4.72 Å². The molecule has 0 fully saturated rings. The van der Waals surface area contributed by atoms with Crippen LogP contribution >= 0.6 is 0 Å². The Morgan fingerprint density at radius 1 is 1.16 bits per heavy atom. The van der Waals surface area contributed by atoms with Gasteiger partial charge in [0.15, 0.2) is 9.84 Å². The number of rotatable bonds is 6. The third kappa shape index (κ3) is 4.10. The largest absolute Gasteiger partial charge is 0.506 e. The second-order valence-electron chi connectivity index (χ2n) is 4.00. The van der Waals surface area contributed by atoms with Gasteiger partial charge >= 0.3 is 0 Å². The van der Waals surface area contributed by atoms with Gasteiger partial charge in [-0.3, -0.25) is 4.72 Å². The average Bonchev–Trinajstić information content (AvgIpc) is 2.31. The van der Waals surface area contributed by atoms with Crippen molar-refractivity contribution in [2.24, 2.45) is 0 Å². The summed E-state index contributed by atoms with van der Waals surface area (Å²) in [5, 5.41) is 9.58. The fraction of sp³-hybridized carbons (Fsp3) is 0.455. The number of benzene rings is 1. The molecule has 108 valence electrons. The number of nitrogens with one attached hydrogen (secondary N) is 1. The van der Waals surface area contributed by atoms with Crippen LogP contribution in [-0.4, -0.2) is 33.4 Å².